The fraction of sp³-hybridized carbons (Fsp3) is 0.500. The van der Waals surface area contributed by atoms with Gasteiger partial charge in [-0.1, -0.05) is 26.2 Å². The predicted molar refractivity (Wildman–Crippen MR) is 68.5 cm³/mol. The smallest absolute Gasteiger partial charge is 0.217 e. The van der Waals surface area contributed by atoms with E-state index in [1.54, 1.807) is 6.08 Å². The van der Waals surface area contributed by atoms with Gasteiger partial charge in [0.05, 0.1) is 6.04 Å². The van der Waals surface area contributed by atoms with Gasteiger partial charge in [0, 0.05) is 12.3 Å². The predicted octanol–water partition coefficient (Wildman–Crippen LogP) is 2.81. The molecule has 4 nitrogen and oxygen atoms in total. The van der Waals surface area contributed by atoms with Gasteiger partial charge in [0.2, 0.25) is 11.6 Å². The molecule has 3 rings (SSSR count). The van der Waals surface area contributed by atoms with E-state index in [1.165, 1.54) is 4.68 Å². The van der Waals surface area contributed by atoms with Crippen molar-refractivity contribution in [1.82, 2.24) is 14.8 Å². The van der Waals surface area contributed by atoms with Crippen LogP contribution >= 0.6 is 0 Å². The van der Waals surface area contributed by atoms with Gasteiger partial charge in [-0.2, -0.15) is 0 Å². The molecule has 5 heteroatoms. The Kier molecular flexibility index (Phi) is 2.66. The Hall–Kier alpha value is -1.78. The van der Waals surface area contributed by atoms with Gasteiger partial charge in [0.1, 0.15) is 0 Å². The number of fused-ring (bicyclic) bond motifs is 1. The van der Waals surface area contributed by atoms with Crippen molar-refractivity contribution in [3.63, 3.8) is 0 Å². The summed E-state index contributed by atoms with van der Waals surface area (Å²) in [5.74, 6) is 0.732. The fourth-order valence-electron chi connectivity index (χ4n) is 2.58. The molecule has 0 unspecified atom stereocenters. The number of hydrogen-bond donors (Lipinski definition) is 0. The summed E-state index contributed by atoms with van der Waals surface area (Å²) in [7, 11) is 0. The first-order chi connectivity index (χ1) is 9.02. The third-order valence-electron chi connectivity index (χ3n) is 4.02. The van der Waals surface area contributed by atoms with Gasteiger partial charge in [0.15, 0.2) is 12.0 Å². The zero-order chi connectivity index (χ0) is 13.7. The van der Waals surface area contributed by atoms with Crippen LogP contribution in [0.3, 0.4) is 0 Å². The van der Waals surface area contributed by atoms with Crippen molar-refractivity contribution in [2.24, 2.45) is 11.8 Å². The van der Waals surface area contributed by atoms with Gasteiger partial charge in [0.25, 0.3) is 0 Å². The Morgan fingerprint density at radius 2 is 2.21 bits per heavy atom. The Bertz CT molecular complexity index is 577. The summed E-state index contributed by atoms with van der Waals surface area (Å²) in [4.78, 5) is 16.2. The van der Waals surface area contributed by atoms with Crippen molar-refractivity contribution >= 4 is 5.78 Å². The van der Waals surface area contributed by atoms with E-state index in [-0.39, 0.29) is 35.8 Å². The molecule has 2 aliphatic rings. The molecule has 0 saturated heterocycles. The van der Waals surface area contributed by atoms with Crippen LogP contribution in [0.1, 0.15) is 48.4 Å². The second kappa shape index (κ2) is 4.11. The normalized spacial score (nSPS) is 31.9. The van der Waals surface area contributed by atoms with Crippen molar-refractivity contribution in [3.8, 4) is 0 Å². The number of allylic oxidation sites excluding steroid dienone is 2. The van der Waals surface area contributed by atoms with E-state index in [2.05, 4.69) is 23.2 Å². The molecule has 0 amide bonds. The molecule has 0 radical (unpaired) electrons. The maximum Gasteiger partial charge on any atom is 0.217 e. The average molecular weight is 261 g/mol. The van der Waals surface area contributed by atoms with E-state index < -0.39 is 6.17 Å². The highest BCUT2D eigenvalue weighted by Gasteiger charge is 2.43. The average Bonchev–Trinajstić information content (AvgIpc) is 2.86. The molecular weight excluding hydrogens is 245 g/mol. The maximum atomic E-state index is 13.9. The maximum absolute atomic E-state index is 13.9. The number of alkyl halides is 1. The van der Waals surface area contributed by atoms with E-state index in [9.17, 15) is 9.18 Å². The number of aromatic nitrogens is 3. The number of carbonyl (C=O) groups is 1. The lowest BCUT2D eigenvalue weighted by Crippen LogP contribution is -2.10. The molecule has 0 spiro atoms. The van der Waals surface area contributed by atoms with E-state index >= 15 is 0 Å². The van der Waals surface area contributed by atoms with Crippen LogP contribution in [0.4, 0.5) is 4.39 Å². The Morgan fingerprint density at radius 3 is 2.79 bits per heavy atom. The van der Waals surface area contributed by atoms with E-state index in [0.29, 0.717) is 11.5 Å². The van der Waals surface area contributed by atoms with Crippen LogP contribution < -0.4 is 0 Å². The summed E-state index contributed by atoms with van der Waals surface area (Å²) in [6.07, 6.45) is 1.56. The molecule has 1 fully saturated rings. The van der Waals surface area contributed by atoms with E-state index in [0.717, 1.165) is 6.42 Å². The topological polar surface area (TPSA) is 47.8 Å². The van der Waals surface area contributed by atoms with Crippen LogP contribution in [0.5, 0.6) is 0 Å². The Morgan fingerprint density at radius 1 is 1.53 bits per heavy atom. The molecular formula is C14H16FN3O. The van der Waals surface area contributed by atoms with Crippen LogP contribution in [-0.2, 0) is 0 Å². The van der Waals surface area contributed by atoms with Gasteiger partial charge in [-0.15, -0.1) is 5.10 Å². The van der Waals surface area contributed by atoms with Crippen LogP contribution in [0, 0.1) is 11.8 Å². The highest BCUT2D eigenvalue weighted by atomic mass is 19.1. The van der Waals surface area contributed by atoms with Crippen molar-refractivity contribution in [1.29, 1.82) is 0 Å². The minimum Gasteiger partial charge on any atom is -0.290 e. The number of nitrogens with zero attached hydrogens (tertiary/aromatic N) is 3. The molecule has 1 aliphatic carbocycles. The molecule has 1 aromatic rings. The monoisotopic (exact) mass is 261 g/mol. The third kappa shape index (κ3) is 1.84. The first-order valence-corrected chi connectivity index (χ1v) is 6.49. The highest BCUT2D eigenvalue weighted by Crippen LogP contribution is 2.42. The number of Topliss-reactive ketones (excluding diaryl/α,β-unsaturated/α-hetero) is 1. The third-order valence-corrected chi connectivity index (χ3v) is 4.02. The molecule has 1 aliphatic heterocycles. The lowest BCUT2D eigenvalue weighted by atomic mass is 10.1. The van der Waals surface area contributed by atoms with Gasteiger partial charge in [-0.05, 0) is 17.9 Å². The first kappa shape index (κ1) is 12.3. The first-order valence-electron chi connectivity index (χ1n) is 6.49. The number of hydrogen-bond acceptors (Lipinski definition) is 3. The molecule has 1 aromatic heterocycles. The molecule has 19 heavy (non-hydrogen) atoms. The molecule has 0 bridgehead atoms. The van der Waals surface area contributed by atoms with E-state index in [4.69, 9.17) is 0 Å². The molecule has 100 valence electrons. The summed E-state index contributed by atoms with van der Waals surface area (Å²) in [6.45, 7) is 9.51. The largest absolute Gasteiger partial charge is 0.290 e. The number of halogens is 1. The Balaban J connectivity index is 1.92. The van der Waals surface area contributed by atoms with Crippen LogP contribution in [0.15, 0.2) is 24.8 Å². The van der Waals surface area contributed by atoms with Gasteiger partial charge >= 0.3 is 0 Å². The van der Waals surface area contributed by atoms with Crippen molar-refractivity contribution in [2.75, 3.05) is 0 Å². The SMILES string of the molecule is C=CC(=C)[C@H]1C[C@@H](F)c2nc(C(=O)[C@H]3C[C@H]3C)nn21. The van der Waals surface area contributed by atoms with Gasteiger partial charge in [-0.25, -0.2) is 14.1 Å². The lowest BCUT2D eigenvalue weighted by Gasteiger charge is -2.10. The number of rotatable bonds is 4. The van der Waals surface area contributed by atoms with Gasteiger partial charge in [-0.3, -0.25) is 4.79 Å². The number of carbonyl (C=O) groups excluding carboxylic acids is 1. The summed E-state index contributed by atoms with van der Waals surface area (Å²) in [5.41, 5.74) is 0.699. The Labute approximate surface area is 111 Å². The van der Waals surface area contributed by atoms with Crippen LogP contribution in [0.25, 0.3) is 0 Å². The summed E-state index contributed by atoms with van der Waals surface area (Å²) < 4.78 is 15.4. The van der Waals surface area contributed by atoms with Crippen LogP contribution in [0.2, 0.25) is 0 Å². The summed E-state index contributed by atoms with van der Waals surface area (Å²) in [6, 6.07) is -0.270. The molecule has 0 N–H and O–H groups in total. The van der Waals surface area contributed by atoms with Crippen molar-refractivity contribution in [2.45, 2.75) is 32.0 Å². The van der Waals surface area contributed by atoms with E-state index in [1.807, 2.05) is 6.92 Å². The number of ketones is 1. The molecule has 4 atom stereocenters. The van der Waals surface area contributed by atoms with Gasteiger partial charge < -0.3 is 0 Å². The quantitative estimate of drug-likeness (QED) is 0.618. The zero-order valence-electron chi connectivity index (χ0n) is 10.8. The molecule has 2 heterocycles. The zero-order valence-corrected chi connectivity index (χ0v) is 10.8. The fourth-order valence-corrected chi connectivity index (χ4v) is 2.58. The summed E-state index contributed by atoms with van der Waals surface area (Å²) in [5, 5.41) is 4.19. The second-order valence-corrected chi connectivity index (χ2v) is 5.42. The minimum absolute atomic E-state index is 0.0160. The molecule has 1 saturated carbocycles. The highest BCUT2D eigenvalue weighted by molar-refractivity contribution is 5.96. The minimum atomic E-state index is -1.19. The standard InChI is InChI=1S/C14H16FN3O/c1-4-7(2)11-6-10(15)14-16-13(17-18(11)14)12(19)9-5-8(9)3/h4,8-11H,1-2,5-6H2,3H3/t8-,9+,10-,11-/m1/s1. The molecule has 0 aromatic carbocycles. The van der Waals surface area contributed by atoms with Crippen LogP contribution in [-0.4, -0.2) is 20.5 Å². The van der Waals surface area contributed by atoms with Crippen molar-refractivity contribution in [3.05, 3.63) is 36.5 Å². The van der Waals surface area contributed by atoms with Crippen molar-refractivity contribution < 1.29 is 9.18 Å². The second-order valence-electron chi connectivity index (χ2n) is 5.42. The summed E-state index contributed by atoms with van der Waals surface area (Å²) >= 11 is 0. The lowest BCUT2D eigenvalue weighted by molar-refractivity contribution is 0.0951.